The Bertz CT molecular complexity index is 4480. The summed E-state index contributed by atoms with van der Waals surface area (Å²) in [6, 6.07) is 93.9. The molecule has 0 N–H and O–H groups in total. The molecule has 346 valence electrons. The fourth-order valence-corrected chi connectivity index (χ4v) is 11.6. The van der Waals surface area contributed by atoms with Crippen LogP contribution in [-0.4, -0.2) is 0 Å². The van der Waals surface area contributed by atoms with E-state index in [-0.39, 0.29) is 5.41 Å². The van der Waals surface area contributed by atoms with Crippen molar-refractivity contribution in [3.63, 3.8) is 0 Å². The predicted molar refractivity (Wildman–Crippen MR) is 318 cm³/mol. The number of hydrogen-bond donors (Lipinski definition) is 0. The predicted octanol–water partition coefficient (Wildman–Crippen LogP) is 20.9. The highest BCUT2D eigenvalue weighted by Gasteiger charge is 2.22. The first kappa shape index (κ1) is 44.1. The van der Waals surface area contributed by atoms with E-state index in [2.05, 4.69) is 282 Å². The molecule has 14 aromatic carbocycles. The Morgan fingerprint density at radius 3 is 0.836 bits per heavy atom. The van der Waals surface area contributed by atoms with Crippen molar-refractivity contribution in [3.05, 3.63) is 266 Å². The zero-order chi connectivity index (χ0) is 49.2. The second kappa shape index (κ2) is 17.8. The molecule has 0 fully saturated rings. The summed E-state index contributed by atoms with van der Waals surface area (Å²) in [6.07, 6.45) is 0. The quantitative estimate of drug-likeness (QED) is 0.154. The molecular weight excluding hydrogens is 877 g/mol. The minimum Gasteiger partial charge on any atom is -0.0616 e. The molecule has 0 saturated carbocycles. The third kappa shape index (κ3) is 7.88. The van der Waals surface area contributed by atoms with Crippen molar-refractivity contribution >= 4 is 86.2 Å². The van der Waals surface area contributed by atoms with Gasteiger partial charge >= 0.3 is 0 Å². The van der Waals surface area contributed by atoms with E-state index in [9.17, 15) is 0 Å². The highest BCUT2D eigenvalue weighted by Crippen LogP contribution is 2.47. The van der Waals surface area contributed by atoms with Gasteiger partial charge in [0.05, 0.1) is 0 Å². The Kier molecular flexibility index (Phi) is 10.7. The molecule has 0 aliphatic carbocycles. The Morgan fingerprint density at radius 2 is 0.493 bits per heavy atom. The van der Waals surface area contributed by atoms with E-state index in [1.54, 1.807) is 0 Å². The highest BCUT2D eigenvalue weighted by molar-refractivity contribution is 6.24. The fourth-order valence-electron chi connectivity index (χ4n) is 11.6. The Morgan fingerprint density at radius 1 is 0.219 bits per heavy atom. The van der Waals surface area contributed by atoms with Crippen LogP contribution in [-0.2, 0) is 5.41 Å². The maximum absolute atomic E-state index is 2.44. The van der Waals surface area contributed by atoms with E-state index >= 15 is 0 Å². The van der Waals surface area contributed by atoms with Crippen LogP contribution in [0.1, 0.15) is 31.9 Å². The van der Waals surface area contributed by atoms with E-state index < -0.39 is 0 Å². The van der Waals surface area contributed by atoms with Gasteiger partial charge in [0, 0.05) is 0 Å². The summed E-state index contributed by atoms with van der Waals surface area (Å²) in [7, 11) is 0. The molecule has 0 heteroatoms. The van der Waals surface area contributed by atoms with Gasteiger partial charge in [0.25, 0.3) is 0 Å². The molecule has 0 aliphatic rings. The van der Waals surface area contributed by atoms with E-state index in [1.165, 1.54) is 142 Å². The molecule has 0 unspecified atom stereocenters. The average Bonchev–Trinajstić information content (AvgIpc) is 3.43. The summed E-state index contributed by atoms with van der Waals surface area (Å²) < 4.78 is 0. The van der Waals surface area contributed by atoms with Gasteiger partial charge in [-0.15, -0.1) is 0 Å². The maximum Gasteiger partial charge on any atom is -0.00260 e. The van der Waals surface area contributed by atoms with Gasteiger partial charge in [-0.2, -0.15) is 0 Å². The van der Waals surface area contributed by atoms with E-state index in [4.69, 9.17) is 0 Å². The molecule has 0 aliphatic heterocycles. The lowest BCUT2D eigenvalue weighted by molar-refractivity contribution is 0.591. The normalized spacial score (nSPS) is 11.8. The Labute approximate surface area is 427 Å². The summed E-state index contributed by atoms with van der Waals surface area (Å²) in [4.78, 5) is 0. The largest absolute Gasteiger partial charge is 0.0616 e. The minimum atomic E-state index is 0.0591. The fraction of sp³-hybridized carbons (Fsp3) is 0.0685. The SMILES string of the molecule is CC(C)(C)c1ccc2c(-c3ccc4ccccc4c3)c3ccccc3c(-c3ccc4ccccc4c3)c2c1.Cc1ccc2c(-c3ccc4ccccc4c3)c3ccccc3c(-c3ccc4ccccc4c3)c2c1. The zero-order valence-corrected chi connectivity index (χ0v) is 41.7. The molecule has 0 atom stereocenters. The van der Waals surface area contributed by atoms with Crippen molar-refractivity contribution in [3.8, 4) is 44.5 Å². The smallest absolute Gasteiger partial charge is 0.00260 e. The molecule has 0 radical (unpaired) electrons. The molecule has 0 aromatic heterocycles. The van der Waals surface area contributed by atoms with Crippen LogP contribution >= 0.6 is 0 Å². The topological polar surface area (TPSA) is 0 Å². The summed E-state index contributed by atoms with van der Waals surface area (Å²) in [5.41, 5.74) is 13.0. The van der Waals surface area contributed by atoms with E-state index in [0.29, 0.717) is 0 Å². The lowest BCUT2D eigenvalue weighted by Gasteiger charge is -2.23. The first-order chi connectivity index (χ1) is 35.7. The second-order valence-electron chi connectivity index (χ2n) is 20.9. The second-order valence-corrected chi connectivity index (χ2v) is 20.9. The highest BCUT2D eigenvalue weighted by atomic mass is 14.3. The lowest BCUT2D eigenvalue weighted by Crippen LogP contribution is -2.10. The molecule has 14 aromatic rings. The van der Waals surface area contributed by atoms with Crippen molar-refractivity contribution in [2.45, 2.75) is 33.1 Å². The zero-order valence-electron chi connectivity index (χ0n) is 41.7. The molecule has 0 spiro atoms. The van der Waals surface area contributed by atoms with E-state index in [1.807, 2.05) is 0 Å². The van der Waals surface area contributed by atoms with Gasteiger partial charge in [-0.05, 0) is 179 Å². The van der Waals surface area contributed by atoms with Crippen LogP contribution in [0.15, 0.2) is 255 Å². The van der Waals surface area contributed by atoms with Gasteiger partial charge in [0.15, 0.2) is 0 Å². The summed E-state index contributed by atoms with van der Waals surface area (Å²) >= 11 is 0. The third-order valence-corrected chi connectivity index (χ3v) is 15.2. The Balaban J connectivity index is 0.000000142. The van der Waals surface area contributed by atoms with E-state index in [0.717, 1.165) is 0 Å². The van der Waals surface area contributed by atoms with Gasteiger partial charge in [-0.1, -0.05) is 251 Å². The first-order valence-electron chi connectivity index (χ1n) is 25.6. The molecule has 0 saturated heterocycles. The first-order valence-corrected chi connectivity index (χ1v) is 25.6. The molecule has 0 bridgehead atoms. The molecular formula is C73H54. The summed E-state index contributed by atoms with van der Waals surface area (Å²) in [6.45, 7) is 9.09. The molecule has 0 heterocycles. The molecule has 14 rings (SSSR count). The van der Waals surface area contributed by atoms with Gasteiger partial charge in [0.1, 0.15) is 0 Å². The van der Waals surface area contributed by atoms with Crippen LogP contribution in [0.3, 0.4) is 0 Å². The van der Waals surface area contributed by atoms with Crippen molar-refractivity contribution in [2.24, 2.45) is 0 Å². The molecule has 73 heavy (non-hydrogen) atoms. The van der Waals surface area contributed by atoms with Crippen LogP contribution < -0.4 is 0 Å². The lowest BCUT2D eigenvalue weighted by atomic mass is 9.81. The maximum atomic E-state index is 2.44. The van der Waals surface area contributed by atoms with Gasteiger partial charge in [0.2, 0.25) is 0 Å². The van der Waals surface area contributed by atoms with Crippen LogP contribution in [0.4, 0.5) is 0 Å². The number of fused-ring (bicyclic) bond motifs is 8. The van der Waals surface area contributed by atoms with Gasteiger partial charge < -0.3 is 0 Å². The molecule has 0 amide bonds. The Hall–Kier alpha value is -8.84. The third-order valence-electron chi connectivity index (χ3n) is 15.2. The van der Waals surface area contributed by atoms with Crippen LogP contribution in [0.2, 0.25) is 0 Å². The van der Waals surface area contributed by atoms with Crippen molar-refractivity contribution in [1.82, 2.24) is 0 Å². The number of hydrogen-bond acceptors (Lipinski definition) is 0. The van der Waals surface area contributed by atoms with Crippen LogP contribution in [0, 0.1) is 6.92 Å². The van der Waals surface area contributed by atoms with Crippen LogP contribution in [0.5, 0.6) is 0 Å². The summed E-state index contributed by atoms with van der Waals surface area (Å²) in [5.74, 6) is 0. The number of benzene rings is 14. The van der Waals surface area contributed by atoms with Gasteiger partial charge in [-0.25, -0.2) is 0 Å². The van der Waals surface area contributed by atoms with Crippen molar-refractivity contribution in [1.29, 1.82) is 0 Å². The number of aryl methyl sites for hydroxylation is 1. The molecule has 0 nitrogen and oxygen atoms in total. The standard InChI is InChI=1S/C38H30.C35H24/c1-38(2,3)31-20-21-34-35(24-31)37(30-19-17-26-11-5-7-13-28(26)23-30)33-15-9-8-14-32(33)36(34)29-18-16-25-10-4-6-12-27(25)22-29;1-23-14-19-32-33(20-23)35(29-18-16-25-9-3-5-11-27(25)22-29)31-13-7-6-12-30(31)34(32)28-17-15-24-8-2-4-10-26(24)21-28/h4-24H,1-3H3;2-22H,1H3. The monoisotopic (exact) mass is 930 g/mol. The average molecular weight is 931 g/mol. The number of rotatable bonds is 4. The minimum absolute atomic E-state index is 0.0591. The summed E-state index contributed by atoms with van der Waals surface area (Å²) in [5, 5.41) is 20.6. The van der Waals surface area contributed by atoms with Gasteiger partial charge in [-0.3, -0.25) is 0 Å². The van der Waals surface area contributed by atoms with Crippen LogP contribution in [0.25, 0.3) is 131 Å². The van der Waals surface area contributed by atoms with Crippen molar-refractivity contribution in [2.75, 3.05) is 0 Å². The van der Waals surface area contributed by atoms with Crippen molar-refractivity contribution < 1.29 is 0 Å².